The van der Waals surface area contributed by atoms with E-state index in [9.17, 15) is 13.6 Å². The minimum Gasteiger partial charge on any atom is -0.364 e. The first-order valence-electron chi connectivity index (χ1n) is 6.72. The van der Waals surface area contributed by atoms with Crippen LogP contribution in [0.1, 0.15) is 50.4 Å². The summed E-state index contributed by atoms with van der Waals surface area (Å²) in [6.07, 6.45) is 3.43. The molecule has 2 nitrogen and oxygen atoms in total. The Kier molecular flexibility index (Phi) is 5.93. The molecule has 0 heterocycles. The van der Waals surface area contributed by atoms with Crippen LogP contribution in [0, 0.1) is 11.6 Å². The monoisotopic (exact) mass is 269 g/mol. The van der Waals surface area contributed by atoms with E-state index in [1.165, 1.54) is 0 Å². The van der Waals surface area contributed by atoms with E-state index in [0.29, 0.717) is 12.8 Å². The van der Waals surface area contributed by atoms with Crippen LogP contribution in [0.2, 0.25) is 0 Å². The van der Waals surface area contributed by atoms with Gasteiger partial charge in [0.15, 0.2) is 0 Å². The fourth-order valence-corrected chi connectivity index (χ4v) is 2.09. The molecule has 1 rings (SSSR count). The van der Waals surface area contributed by atoms with Crippen molar-refractivity contribution < 1.29 is 13.6 Å². The largest absolute Gasteiger partial charge is 0.364 e. The van der Waals surface area contributed by atoms with E-state index in [0.717, 1.165) is 31.4 Å². The van der Waals surface area contributed by atoms with Gasteiger partial charge in [-0.15, -0.1) is 0 Å². The van der Waals surface area contributed by atoms with E-state index in [1.54, 1.807) is 4.90 Å². The van der Waals surface area contributed by atoms with Gasteiger partial charge in [-0.3, -0.25) is 4.79 Å². The van der Waals surface area contributed by atoms with Crippen LogP contribution in [0.15, 0.2) is 12.1 Å². The zero-order valence-corrected chi connectivity index (χ0v) is 11.7. The van der Waals surface area contributed by atoms with Crippen LogP contribution < -0.4 is 4.90 Å². The lowest BCUT2D eigenvalue weighted by Gasteiger charge is -2.29. The first kappa shape index (κ1) is 15.6. The summed E-state index contributed by atoms with van der Waals surface area (Å²) in [5, 5.41) is 0. The molecule has 0 unspecified atom stereocenters. The van der Waals surface area contributed by atoms with Gasteiger partial charge in [-0.05, 0) is 32.4 Å². The maximum absolute atomic E-state index is 14.0. The smallest absolute Gasteiger partial charge is 0.150 e. The number of unbranched alkanes of at least 4 members (excludes halogenated alkanes) is 2. The van der Waals surface area contributed by atoms with Crippen molar-refractivity contribution in [3.05, 3.63) is 29.3 Å². The second-order valence-corrected chi connectivity index (χ2v) is 4.95. The third-order valence-corrected chi connectivity index (χ3v) is 3.09. The van der Waals surface area contributed by atoms with Gasteiger partial charge in [-0.25, -0.2) is 8.78 Å². The summed E-state index contributed by atoms with van der Waals surface area (Å²) < 4.78 is 28.0. The number of benzene rings is 1. The van der Waals surface area contributed by atoms with Crippen molar-refractivity contribution in [1.29, 1.82) is 0 Å². The van der Waals surface area contributed by atoms with Crippen LogP contribution in [-0.2, 0) is 0 Å². The molecule has 0 spiro atoms. The minimum atomic E-state index is -0.674. The fraction of sp³-hybridized carbons (Fsp3) is 0.533. The maximum atomic E-state index is 14.0. The maximum Gasteiger partial charge on any atom is 0.150 e. The molecule has 1 aromatic carbocycles. The van der Waals surface area contributed by atoms with Gasteiger partial charge < -0.3 is 4.90 Å². The van der Waals surface area contributed by atoms with Crippen molar-refractivity contribution in [3.63, 3.8) is 0 Å². The Labute approximate surface area is 113 Å². The van der Waals surface area contributed by atoms with E-state index >= 15 is 0 Å². The molecule has 0 aliphatic rings. The summed E-state index contributed by atoms with van der Waals surface area (Å²) in [7, 11) is 0. The number of rotatable bonds is 7. The Morgan fingerprint density at radius 3 is 2.21 bits per heavy atom. The van der Waals surface area contributed by atoms with Gasteiger partial charge in [-0.2, -0.15) is 0 Å². The number of halogens is 2. The molecule has 1 aromatic rings. The minimum absolute atomic E-state index is 0.00272. The van der Waals surface area contributed by atoms with E-state index in [-0.39, 0.29) is 17.3 Å². The average molecular weight is 269 g/mol. The molecule has 19 heavy (non-hydrogen) atoms. The number of nitrogens with zero attached hydrogens (tertiary/aromatic N) is 1. The average Bonchev–Trinajstić information content (AvgIpc) is 2.35. The first-order chi connectivity index (χ1) is 9.01. The highest BCUT2D eigenvalue weighted by molar-refractivity contribution is 5.76. The lowest BCUT2D eigenvalue weighted by Crippen LogP contribution is -2.33. The number of hydrogen-bond acceptors (Lipinski definition) is 2. The standard InChI is InChI=1S/C15H21F2NO/c1-4-5-6-7-18(11(2)3)15-13(16)8-12(10-19)9-14(15)17/h8-11H,4-7H2,1-3H3. The van der Waals surface area contributed by atoms with Gasteiger partial charge in [0.1, 0.15) is 23.6 Å². The molecular weight excluding hydrogens is 248 g/mol. The van der Waals surface area contributed by atoms with Crippen LogP contribution >= 0.6 is 0 Å². The summed E-state index contributed by atoms with van der Waals surface area (Å²) in [5.74, 6) is -1.35. The van der Waals surface area contributed by atoms with Gasteiger partial charge in [0.2, 0.25) is 0 Å². The van der Waals surface area contributed by atoms with Gasteiger partial charge in [-0.1, -0.05) is 19.8 Å². The topological polar surface area (TPSA) is 20.3 Å². The summed E-state index contributed by atoms with van der Waals surface area (Å²) in [5.41, 5.74) is -0.00674. The molecule has 0 amide bonds. The second kappa shape index (κ2) is 7.22. The molecule has 0 aliphatic heterocycles. The molecule has 0 radical (unpaired) electrons. The SMILES string of the molecule is CCCCCN(c1c(F)cc(C=O)cc1F)C(C)C. The second-order valence-electron chi connectivity index (χ2n) is 4.95. The van der Waals surface area contributed by atoms with E-state index < -0.39 is 11.6 Å². The molecular formula is C15H21F2NO. The summed E-state index contributed by atoms with van der Waals surface area (Å²) in [4.78, 5) is 12.3. The van der Waals surface area contributed by atoms with Crippen LogP contribution in [-0.4, -0.2) is 18.9 Å². The predicted molar refractivity (Wildman–Crippen MR) is 73.8 cm³/mol. The number of carbonyl (C=O) groups excluding carboxylic acids is 1. The fourth-order valence-electron chi connectivity index (χ4n) is 2.09. The molecule has 0 N–H and O–H groups in total. The number of hydrogen-bond donors (Lipinski definition) is 0. The third-order valence-electron chi connectivity index (χ3n) is 3.09. The molecule has 0 atom stereocenters. The van der Waals surface area contributed by atoms with Crippen molar-refractivity contribution in [2.75, 3.05) is 11.4 Å². The van der Waals surface area contributed by atoms with Gasteiger partial charge in [0.05, 0.1) is 0 Å². The lowest BCUT2D eigenvalue weighted by atomic mass is 10.1. The highest BCUT2D eigenvalue weighted by Gasteiger charge is 2.20. The highest BCUT2D eigenvalue weighted by atomic mass is 19.1. The van der Waals surface area contributed by atoms with Crippen LogP contribution in [0.25, 0.3) is 0 Å². The Hall–Kier alpha value is -1.45. The Balaban J connectivity index is 3.05. The lowest BCUT2D eigenvalue weighted by molar-refractivity contribution is 0.112. The van der Waals surface area contributed by atoms with Crippen molar-refractivity contribution in [2.45, 2.75) is 46.1 Å². The molecule has 0 saturated carbocycles. The predicted octanol–water partition coefficient (Wildman–Crippen LogP) is 4.18. The third kappa shape index (κ3) is 4.01. The van der Waals surface area contributed by atoms with Gasteiger partial charge >= 0.3 is 0 Å². The van der Waals surface area contributed by atoms with Crippen molar-refractivity contribution in [1.82, 2.24) is 0 Å². The molecule has 0 aromatic heterocycles. The number of anilines is 1. The highest BCUT2D eigenvalue weighted by Crippen LogP contribution is 2.26. The molecule has 0 aliphatic carbocycles. The molecule has 0 bridgehead atoms. The number of aldehydes is 1. The first-order valence-corrected chi connectivity index (χ1v) is 6.72. The Bertz CT molecular complexity index is 409. The van der Waals surface area contributed by atoms with Crippen LogP contribution in [0.4, 0.5) is 14.5 Å². The molecule has 4 heteroatoms. The van der Waals surface area contributed by atoms with Gasteiger partial charge in [0.25, 0.3) is 0 Å². The van der Waals surface area contributed by atoms with E-state index in [1.807, 2.05) is 13.8 Å². The Morgan fingerprint density at radius 2 is 1.79 bits per heavy atom. The van der Waals surface area contributed by atoms with Gasteiger partial charge in [0, 0.05) is 18.2 Å². The summed E-state index contributed by atoms with van der Waals surface area (Å²) >= 11 is 0. The summed E-state index contributed by atoms with van der Waals surface area (Å²) in [6, 6.07) is 2.17. The zero-order valence-electron chi connectivity index (χ0n) is 11.7. The van der Waals surface area contributed by atoms with Crippen molar-refractivity contribution in [3.8, 4) is 0 Å². The molecule has 0 fully saturated rings. The van der Waals surface area contributed by atoms with Crippen LogP contribution in [0.3, 0.4) is 0 Å². The zero-order chi connectivity index (χ0) is 14.4. The quantitative estimate of drug-likeness (QED) is 0.546. The molecule has 0 saturated heterocycles. The Morgan fingerprint density at radius 1 is 1.21 bits per heavy atom. The summed E-state index contributed by atoms with van der Waals surface area (Å²) in [6.45, 7) is 6.50. The van der Waals surface area contributed by atoms with Crippen LogP contribution in [0.5, 0.6) is 0 Å². The van der Waals surface area contributed by atoms with E-state index in [4.69, 9.17) is 0 Å². The molecule has 106 valence electrons. The van der Waals surface area contributed by atoms with Crippen molar-refractivity contribution in [2.24, 2.45) is 0 Å². The van der Waals surface area contributed by atoms with E-state index in [2.05, 4.69) is 6.92 Å². The number of carbonyl (C=O) groups is 1. The normalized spacial score (nSPS) is 10.8. The van der Waals surface area contributed by atoms with Crippen molar-refractivity contribution >= 4 is 12.0 Å².